The summed E-state index contributed by atoms with van der Waals surface area (Å²) in [7, 11) is 1.66. The lowest BCUT2D eigenvalue weighted by atomic mass is 10.1. The Kier molecular flexibility index (Phi) is 5.17. The Morgan fingerprint density at radius 1 is 1.20 bits per heavy atom. The zero-order valence-electron chi connectivity index (χ0n) is 11.5. The molecule has 0 aliphatic heterocycles. The van der Waals surface area contributed by atoms with E-state index in [1.165, 1.54) is 0 Å². The fraction of sp³-hybridized carbons (Fsp3) is 0.250. The van der Waals surface area contributed by atoms with Gasteiger partial charge >= 0.3 is 0 Å². The van der Waals surface area contributed by atoms with E-state index in [2.05, 4.69) is 15.9 Å². The van der Waals surface area contributed by atoms with Gasteiger partial charge < -0.3 is 14.6 Å². The molecule has 106 valence electrons. The number of hydrogen-bond donors (Lipinski definition) is 1. The minimum atomic E-state index is -0.593. The third-order valence-corrected chi connectivity index (χ3v) is 3.35. The first-order valence-electron chi connectivity index (χ1n) is 6.33. The number of aliphatic hydroxyl groups excluding tert-OH is 1. The average Bonchev–Trinajstić information content (AvgIpc) is 2.41. The minimum absolute atomic E-state index is 0.542. The van der Waals surface area contributed by atoms with Crippen molar-refractivity contribution in [3.8, 4) is 11.5 Å². The number of ether oxygens (including phenoxy) is 2. The van der Waals surface area contributed by atoms with E-state index in [0.717, 1.165) is 21.3 Å². The highest BCUT2D eigenvalue weighted by atomic mass is 79.9. The third kappa shape index (κ3) is 3.82. The molecule has 0 aliphatic carbocycles. The number of hydrogen-bond acceptors (Lipinski definition) is 3. The summed E-state index contributed by atoms with van der Waals surface area (Å²) >= 11 is 3.40. The number of methoxy groups -OCH3 is 1. The van der Waals surface area contributed by atoms with E-state index in [0.29, 0.717) is 12.4 Å². The Morgan fingerprint density at radius 3 is 2.70 bits per heavy atom. The van der Waals surface area contributed by atoms with E-state index in [1.54, 1.807) is 14.0 Å². The van der Waals surface area contributed by atoms with Crippen LogP contribution in [0.3, 0.4) is 0 Å². The van der Waals surface area contributed by atoms with Gasteiger partial charge in [-0.15, -0.1) is 0 Å². The Balaban J connectivity index is 2.27. The van der Waals surface area contributed by atoms with E-state index in [4.69, 9.17) is 9.47 Å². The number of benzene rings is 2. The summed E-state index contributed by atoms with van der Waals surface area (Å²) in [4.78, 5) is 0. The number of aliphatic hydroxyl groups is 1. The molecular formula is C16H17BrO3. The summed E-state index contributed by atoms with van der Waals surface area (Å²) in [5, 5.41) is 9.82. The van der Waals surface area contributed by atoms with Gasteiger partial charge in [-0.3, -0.25) is 0 Å². The van der Waals surface area contributed by atoms with Gasteiger partial charge in [0.05, 0.1) is 12.7 Å². The molecule has 0 saturated heterocycles. The van der Waals surface area contributed by atoms with Crippen LogP contribution in [0.5, 0.6) is 11.5 Å². The molecule has 0 saturated carbocycles. The Labute approximate surface area is 127 Å². The van der Waals surface area contributed by atoms with Crippen molar-refractivity contribution in [2.45, 2.75) is 19.6 Å². The molecule has 2 rings (SSSR count). The van der Waals surface area contributed by atoms with Gasteiger partial charge in [0.1, 0.15) is 11.5 Å². The summed E-state index contributed by atoms with van der Waals surface area (Å²) in [5.74, 6) is 1.38. The van der Waals surface area contributed by atoms with Crippen LogP contribution in [-0.4, -0.2) is 12.2 Å². The molecule has 4 heteroatoms. The van der Waals surface area contributed by atoms with Crippen LogP contribution in [0.4, 0.5) is 0 Å². The van der Waals surface area contributed by atoms with Gasteiger partial charge in [0.2, 0.25) is 0 Å². The first-order valence-corrected chi connectivity index (χ1v) is 7.12. The second-order valence-electron chi connectivity index (χ2n) is 4.54. The molecule has 3 nitrogen and oxygen atoms in total. The fourth-order valence-electron chi connectivity index (χ4n) is 1.93. The molecule has 0 amide bonds. The Morgan fingerprint density at radius 2 is 2.00 bits per heavy atom. The number of halogens is 1. The molecule has 0 radical (unpaired) electrons. The van der Waals surface area contributed by atoms with Crippen molar-refractivity contribution in [3.63, 3.8) is 0 Å². The maximum Gasteiger partial charge on any atom is 0.133 e. The Hall–Kier alpha value is -1.36. The lowest BCUT2D eigenvalue weighted by Gasteiger charge is -2.14. The highest BCUT2D eigenvalue weighted by Crippen LogP contribution is 2.32. The minimum Gasteiger partial charge on any atom is -0.457 e. The molecule has 0 aliphatic rings. The van der Waals surface area contributed by atoms with Crippen molar-refractivity contribution >= 4 is 15.9 Å². The molecular weight excluding hydrogens is 320 g/mol. The van der Waals surface area contributed by atoms with E-state index < -0.39 is 6.10 Å². The summed E-state index contributed by atoms with van der Waals surface area (Å²) in [6.07, 6.45) is -0.593. The zero-order chi connectivity index (χ0) is 14.5. The second-order valence-corrected chi connectivity index (χ2v) is 5.46. The van der Waals surface area contributed by atoms with Crippen LogP contribution in [0.15, 0.2) is 46.9 Å². The monoisotopic (exact) mass is 336 g/mol. The van der Waals surface area contributed by atoms with Gasteiger partial charge in [0.15, 0.2) is 0 Å². The van der Waals surface area contributed by atoms with Crippen molar-refractivity contribution in [1.29, 1.82) is 0 Å². The lowest BCUT2D eigenvalue weighted by Crippen LogP contribution is -1.97. The molecule has 0 spiro atoms. The molecule has 2 aromatic carbocycles. The third-order valence-electron chi connectivity index (χ3n) is 2.86. The molecule has 0 heterocycles. The topological polar surface area (TPSA) is 38.7 Å². The van der Waals surface area contributed by atoms with Crippen molar-refractivity contribution in [1.82, 2.24) is 0 Å². The van der Waals surface area contributed by atoms with Crippen molar-refractivity contribution in [2.24, 2.45) is 0 Å². The van der Waals surface area contributed by atoms with E-state index in [9.17, 15) is 5.11 Å². The van der Waals surface area contributed by atoms with Crippen LogP contribution >= 0.6 is 15.9 Å². The highest BCUT2D eigenvalue weighted by molar-refractivity contribution is 9.10. The van der Waals surface area contributed by atoms with Crippen molar-refractivity contribution in [2.75, 3.05) is 7.11 Å². The molecule has 0 fully saturated rings. The molecule has 1 N–H and O–H groups in total. The average molecular weight is 337 g/mol. The smallest absolute Gasteiger partial charge is 0.133 e. The van der Waals surface area contributed by atoms with Gasteiger partial charge in [0.25, 0.3) is 0 Å². The van der Waals surface area contributed by atoms with Crippen LogP contribution in [-0.2, 0) is 11.3 Å². The van der Waals surface area contributed by atoms with E-state index >= 15 is 0 Å². The van der Waals surface area contributed by atoms with Crippen LogP contribution < -0.4 is 4.74 Å². The predicted molar refractivity (Wildman–Crippen MR) is 82.0 cm³/mol. The van der Waals surface area contributed by atoms with Gasteiger partial charge in [-0.2, -0.15) is 0 Å². The standard InChI is InChI=1S/C16H17BrO3/c1-11(18)15-9-13(17)6-7-16(15)20-14-5-3-4-12(8-14)10-19-2/h3-9,11,18H,10H2,1-2H3. The molecule has 1 atom stereocenters. The maximum atomic E-state index is 9.82. The largest absolute Gasteiger partial charge is 0.457 e. The van der Waals surface area contributed by atoms with Crippen LogP contribution in [0.1, 0.15) is 24.2 Å². The second kappa shape index (κ2) is 6.88. The fourth-order valence-corrected chi connectivity index (χ4v) is 2.31. The normalized spacial score (nSPS) is 12.2. The van der Waals surface area contributed by atoms with Crippen molar-refractivity contribution in [3.05, 3.63) is 58.1 Å². The van der Waals surface area contributed by atoms with Gasteiger partial charge in [-0.1, -0.05) is 28.1 Å². The van der Waals surface area contributed by atoms with Gasteiger partial charge in [0, 0.05) is 17.1 Å². The summed E-state index contributed by atoms with van der Waals surface area (Å²) in [6, 6.07) is 13.3. The van der Waals surface area contributed by atoms with Crippen LogP contribution in [0.2, 0.25) is 0 Å². The number of rotatable bonds is 5. The highest BCUT2D eigenvalue weighted by Gasteiger charge is 2.11. The first-order chi connectivity index (χ1) is 9.60. The van der Waals surface area contributed by atoms with Crippen molar-refractivity contribution < 1.29 is 14.6 Å². The molecule has 0 bridgehead atoms. The Bertz CT molecular complexity index is 582. The maximum absolute atomic E-state index is 9.82. The zero-order valence-corrected chi connectivity index (χ0v) is 13.1. The molecule has 0 aromatic heterocycles. The summed E-state index contributed by atoms with van der Waals surface area (Å²) < 4.78 is 11.9. The van der Waals surface area contributed by atoms with Crippen LogP contribution in [0, 0.1) is 0 Å². The quantitative estimate of drug-likeness (QED) is 0.877. The summed E-state index contributed by atoms with van der Waals surface area (Å²) in [5.41, 5.74) is 1.79. The predicted octanol–water partition coefficient (Wildman–Crippen LogP) is 4.44. The first kappa shape index (κ1) is 15.0. The molecule has 1 unspecified atom stereocenters. The molecule has 2 aromatic rings. The lowest BCUT2D eigenvalue weighted by molar-refractivity contribution is 0.184. The molecule has 20 heavy (non-hydrogen) atoms. The summed E-state index contributed by atoms with van der Waals surface area (Å²) in [6.45, 7) is 2.26. The van der Waals surface area contributed by atoms with Gasteiger partial charge in [-0.05, 0) is 42.8 Å². The SMILES string of the molecule is COCc1cccc(Oc2ccc(Br)cc2C(C)O)c1. The van der Waals surface area contributed by atoms with E-state index in [1.807, 2.05) is 42.5 Å². The van der Waals surface area contributed by atoms with Gasteiger partial charge in [-0.25, -0.2) is 0 Å². The van der Waals surface area contributed by atoms with E-state index in [-0.39, 0.29) is 0 Å². The van der Waals surface area contributed by atoms with Crippen LogP contribution in [0.25, 0.3) is 0 Å².